The molecule has 1 heterocycles. The van der Waals surface area contributed by atoms with E-state index in [0.29, 0.717) is 13.1 Å². The van der Waals surface area contributed by atoms with E-state index in [-0.39, 0.29) is 13.2 Å². The van der Waals surface area contributed by atoms with Crippen LogP contribution in [0.25, 0.3) is 12.2 Å². The summed E-state index contributed by atoms with van der Waals surface area (Å²) in [6.07, 6.45) is 8.32. The van der Waals surface area contributed by atoms with Crippen molar-refractivity contribution in [3.05, 3.63) is 59.9 Å². The Morgan fingerprint density at radius 3 is 1.87 bits per heavy atom. The second-order valence-corrected chi connectivity index (χ2v) is 5.32. The van der Waals surface area contributed by atoms with Crippen LogP contribution in [-0.2, 0) is 6.54 Å². The minimum atomic E-state index is 0.0768. The lowest BCUT2D eigenvalue weighted by atomic mass is 10.1. The highest BCUT2D eigenvalue weighted by molar-refractivity contribution is 5.70. The van der Waals surface area contributed by atoms with Crippen LogP contribution >= 0.6 is 0 Å². The average Bonchev–Trinajstić information content (AvgIpc) is 2.61. The first-order valence-electron chi connectivity index (χ1n) is 8.00. The normalized spacial score (nSPS) is 11.1. The highest BCUT2D eigenvalue weighted by Crippen LogP contribution is 2.16. The van der Waals surface area contributed by atoms with E-state index in [1.165, 1.54) is 5.56 Å². The predicted octanol–water partition coefficient (Wildman–Crippen LogP) is 1.96. The van der Waals surface area contributed by atoms with Crippen LogP contribution in [0.5, 0.6) is 0 Å². The average molecular weight is 313 g/mol. The van der Waals surface area contributed by atoms with Crippen LogP contribution in [0.3, 0.4) is 0 Å². The van der Waals surface area contributed by atoms with Gasteiger partial charge in [-0.1, -0.05) is 24.3 Å². The molecule has 0 atom stereocenters. The Hall–Kier alpha value is -2.17. The first-order chi connectivity index (χ1) is 11.3. The summed E-state index contributed by atoms with van der Waals surface area (Å²) in [5.41, 5.74) is 3.30. The number of hydrogen-bond acceptors (Lipinski definition) is 3. The van der Waals surface area contributed by atoms with Gasteiger partial charge in [0.15, 0.2) is 12.4 Å². The zero-order valence-electron chi connectivity index (χ0n) is 13.6. The van der Waals surface area contributed by atoms with E-state index in [9.17, 15) is 0 Å². The van der Waals surface area contributed by atoms with Crippen molar-refractivity contribution in [2.75, 3.05) is 31.2 Å². The Bertz CT molecular complexity index is 600. The van der Waals surface area contributed by atoms with Crippen molar-refractivity contribution in [1.29, 1.82) is 0 Å². The fraction of sp³-hybridized carbons (Fsp3) is 0.316. The molecule has 1 aromatic carbocycles. The molecule has 0 aliphatic rings. The molecule has 122 valence electrons. The van der Waals surface area contributed by atoms with Gasteiger partial charge in [0.05, 0.1) is 13.2 Å². The molecule has 2 rings (SSSR count). The Kier molecular flexibility index (Phi) is 6.78. The van der Waals surface area contributed by atoms with E-state index in [4.69, 9.17) is 10.2 Å². The van der Waals surface area contributed by atoms with Crippen molar-refractivity contribution in [3.8, 4) is 0 Å². The number of rotatable bonds is 8. The van der Waals surface area contributed by atoms with E-state index in [1.54, 1.807) is 0 Å². The maximum absolute atomic E-state index is 9.09. The molecule has 0 aliphatic carbocycles. The third-order valence-corrected chi connectivity index (χ3v) is 3.75. The van der Waals surface area contributed by atoms with Crippen LogP contribution in [0.1, 0.15) is 18.1 Å². The molecule has 1 aromatic heterocycles. The molecule has 2 N–H and O–H groups in total. The lowest BCUT2D eigenvalue weighted by Crippen LogP contribution is -2.30. The van der Waals surface area contributed by atoms with Gasteiger partial charge < -0.3 is 15.1 Å². The predicted molar refractivity (Wildman–Crippen MR) is 94.1 cm³/mol. The zero-order valence-corrected chi connectivity index (χ0v) is 13.6. The Balaban J connectivity index is 2.04. The lowest BCUT2D eigenvalue weighted by Gasteiger charge is -2.22. The number of aryl methyl sites for hydroxylation is 1. The van der Waals surface area contributed by atoms with Gasteiger partial charge in [-0.25, -0.2) is 4.57 Å². The smallest absolute Gasteiger partial charge is 0.169 e. The molecule has 0 saturated carbocycles. The number of hydrogen-bond donors (Lipinski definition) is 2. The molecule has 0 bridgehead atoms. The SMILES string of the molecule is CC[n+]1ccc(C=Cc2ccc(N(CCO)CCO)cc2)cc1. The fourth-order valence-corrected chi connectivity index (χ4v) is 2.39. The standard InChI is InChI=1S/C19H25N2O2/c1-2-20-11-9-18(10-12-20)4-3-17-5-7-19(8-6-17)21(13-15-22)14-16-23/h3-12,22-23H,2,13-16H2,1H3/q+1. The zero-order chi connectivity index (χ0) is 16.5. The number of anilines is 1. The van der Waals surface area contributed by atoms with Gasteiger partial charge in [0.25, 0.3) is 0 Å². The summed E-state index contributed by atoms with van der Waals surface area (Å²) < 4.78 is 2.13. The summed E-state index contributed by atoms with van der Waals surface area (Å²) in [5.74, 6) is 0. The summed E-state index contributed by atoms with van der Waals surface area (Å²) in [4.78, 5) is 1.97. The lowest BCUT2D eigenvalue weighted by molar-refractivity contribution is -0.693. The van der Waals surface area contributed by atoms with Crippen LogP contribution in [0.2, 0.25) is 0 Å². The monoisotopic (exact) mass is 313 g/mol. The molecule has 2 aromatic rings. The van der Waals surface area contributed by atoms with Gasteiger partial charge in [-0.15, -0.1) is 0 Å². The van der Waals surface area contributed by atoms with Gasteiger partial charge in [0, 0.05) is 30.9 Å². The van der Waals surface area contributed by atoms with Gasteiger partial charge in [0.1, 0.15) is 6.54 Å². The largest absolute Gasteiger partial charge is 0.395 e. The Morgan fingerprint density at radius 1 is 0.870 bits per heavy atom. The quantitative estimate of drug-likeness (QED) is 0.733. The minimum absolute atomic E-state index is 0.0768. The summed E-state index contributed by atoms with van der Waals surface area (Å²) in [7, 11) is 0. The molecule has 4 heteroatoms. The first-order valence-corrected chi connectivity index (χ1v) is 8.00. The van der Waals surface area contributed by atoms with Crippen molar-refractivity contribution >= 4 is 17.8 Å². The molecule has 0 amide bonds. The summed E-state index contributed by atoms with van der Waals surface area (Å²) in [6.45, 7) is 4.30. The molecular formula is C19H25N2O2+. The maximum Gasteiger partial charge on any atom is 0.169 e. The highest BCUT2D eigenvalue weighted by atomic mass is 16.3. The second kappa shape index (κ2) is 9.08. The van der Waals surface area contributed by atoms with E-state index < -0.39 is 0 Å². The van der Waals surface area contributed by atoms with Crippen molar-refractivity contribution in [3.63, 3.8) is 0 Å². The van der Waals surface area contributed by atoms with E-state index in [2.05, 4.69) is 48.2 Å². The van der Waals surface area contributed by atoms with Gasteiger partial charge in [0.2, 0.25) is 0 Å². The number of aliphatic hydroxyl groups excluding tert-OH is 2. The molecule has 0 spiro atoms. The van der Waals surface area contributed by atoms with Crippen molar-refractivity contribution in [2.45, 2.75) is 13.5 Å². The summed E-state index contributed by atoms with van der Waals surface area (Å²) in [5, 5.41) is 18.2. The molecular weight excluding hydrogens is 288 g/mol. The minimum Gasteiger partial charge on any atom is -0.395 e. The number of pyridine rings is 1. The van der Waals surface area contributed by atoms with Gasteiger partial charge in [-0.2, -0.15) is 0 Å². The van der Waals surface area contributed by atoms with E-state index in [1.807, 2.05) is 29.2 Å². The van der Waals surface area contributed by atoms with Crippen LogP contribution in [0, 0.1) is 0 Å². The summed E-state index contributed by atoms with van der Waals surface area (Å²) in [6, 6.07) is 12.3. The molecule has 0 aliphatic heterocycles. The van der Waals surface area contributed by atoms with E-state index in [0.717, 1.165) is 17.8 Å². The third-order valence-electron chi connectivity index (χ3n) is 3.75. The molecule has 4 nitrogen and oxygen atoms in total. The van der Waals surface area contributed by atoms with Gasteiger partial charge in [-0.05, 0) is 30.2 Å². The molecule has 23 heavy (non-hydrogen) atoms. The number of aromatic nitrogens is 1. The molecule has 0 saturated heterocycles. The van der Waals surface area contributed by atoms with Crippen LogP contribution in [-0.4, -0.2) is 36.5 Å². The topological polar surface area (TPSA) is 47.6 Å². The van der Waals surface area contributed by atoms with Crippen molar-refractivity contribution in [2.24, 2.45) is 0 Å². The maximum atomic E-state index is 9.09. The van der Waals surface area contributed by atoms with Crippen molar-refractivity contribution in [1.82, 2.24) is 0 Å². The van der Waals surface area contributed by atoms with Crippen molar-refractivity contribution < 1.29 is 14.8 Å². The Morgan fingerprint density at radius 2 is 1.39 bits per heavy atom. The summed E-state index contributed by atoms with van der Waals surface area (Å²) >= 11 is 0. The number of benzene rings is 1. The van der Waals surface area contributed by atoms with Gasteiger partial charge in [-0.3, -0.25) is 0 Å². The van der Waals surface area contributed by atoms with Crippen LogP contribution in [0.4, 0.5) is 5.69 Å². The highest BCUT2D eigenvalue weighted by Gasteiger charge is 2.04. The van der Waals surface area contributed by atoms with E-state index >= 15 is 0 Å². The van der Waals surface area contributed by atoms with Gasteiger partial charge >= 0.3 is 0 Å². The molecule has 0 radical (unpaired) electrons. The van der Waals surface area contributed by atoms with Crippen LogP contribution in [0.15, 0.2) is 48.8 Å². The molecule has 0 fully saturated rings. The number of aliphatic hydroxyl groups is 2. The first kappa shape index (κ1) is 17.2. The number of nitrogens with zero attached hydrogens (tertiary/aromatic N) is 2. The fourth-order valence-electron chi connectivity index (χ4n) is 2.39. The third kappa shape index (κ3) is 5.20. The molecule has 0 unspecified atom stereocenters. The van der Waals surface area contributed by atoms with Crippen LogP contribution < -0.4 is 9.47 Å². The Labute approximate surface area is 137 Å². The second-order valence-electron chi connectivity index (χ2n) is 5.32.